The van der Waals surface area contributed by atoms with Crippen LogP contribution >= 0.6 is 11.3 Å². The van der Waals surface area contributed by atoms with Crippen molar-refractivity contribution < 1.29 is 4.79 Å². The van der Waals surface area contributed by atoms with Crippen LogP contribution in [-0.2, 0) is 13.0 Å². The molecule has 0 radical (unpaired) electrons. The van der Waals surface area contributed by atoms with Crippen molar-refractivity contribution in [1.82, 2.24) is 5.32 Å². The van der Waals surface area contributed by atoms with Crippen LogP contribution in [0.25, 0.3) is 0 Å². The Labute approximate surface area is 134 Å². The SMILES string of the molecule is O=C(NCc1cccs1)c1ccccc1Cc1ccccc1. The minimum absolute atomic E-state index is 0.0140. The van der Waals surface area contributed by atoms with Crippen LogP contribution in [0.1, 0.15) is 26.4 Å². The third-order valence-corrected chi connectivity index (χ3v) is 4.38. The Balaban J connectivity index is 1.74. The molecule has 1 heterocycles. The predicted molar refractivity (Wildman–Crippen MR) is 91.2 cm³/mol. The molecule has 0 aliphatic carbocycles. The highest BCUT2D eigenvalue weighted by Crippen LogP contribution is 2.15. The maximum Gasteiger partial charge on any atom is 0.251 e. The van der Waals surface area contributed by atoms with Crippen LogP contribution < -0.4 is 5.32 Å². The van der Waals surface area contributed by atoms with Crippen LogP contribution in [0, 0.1) is 0 Å². The van der Waals surface area contributed by atoms with Crippen LogP contribution in [0.2, 0.25) is 0 Å². The second kappa shape index (κ2) is 7.05. The van der Waals surface area contributed by atoms with E-state index in [-0.39, 0.29) is 5.91 Å². The van der Waals surface area contributed by atoms with Crippen molar-refractivity contribution in [3.63, 3.8) is 0 Å². The Morgan fingerprint density at radius 2 is 1.68 bits per heavy atom. The summed E-state index contributed by atoms with van der Waals surface area (Å²) in [7, 11) is 0. The molecule has 1 N–H and O–H groups in total. The zero-order valence-corrected chi connectivity index (χ0v) is 13.0. The monoisotopic (exact) mass is 307 g/mol. The Bertz CT molecular complexity index is 735. The first-order chi connectivity index (χ1) is 10.8. The van der Waals surface area contributed by atoms with Gasteiger partial charge in [0.1, 0.15) is 0 Å². The summed E-state index contributed by atoms with van der Waals surface area (Å²) >= 11 is 1.65. The first-order valence-electron chi connectivity index (χ1n) is 7.25. The molecule has 0 atom stereocenters. The molecule has 110 valence electrons. The minimum Gasteiger partial charge on any atom is -0.347 e. The third kappa shape index (κ3) is 3.62. The standard InChI is InChI=1S/C19H17NOS/c21-19(20-14-17-10-6-12-22-17)18-11-5-4-9-16(18)13-15-7-2-1-3-8-15/h1-12H,13-14H2,(H,20,21). The summed E-state index contributed by atoms with van der Waals surface area (Å²) < 4.78 is 0. The highest BCUT2D eigenvalue weighted by molar-refractivity contribution is 7.09. The second-order valence-electron chi connectivity index (χ2n) is 5.08. The van der Waals surface area contributed by atoms with Gasteiger partial charge in [-0.15, -0.1) is 11.3 Å². The number of rotatable bonds is 5. The van der Waals surface area contributed by atoms with Crippen LogP contribution in [0.5, 0.6) is 0 Å². The van der Waals surface area contributed by atoms with Gasteiger partial charge in [-0.05, 0) is 35.1 Å². The normalized spacial score (nSPS) is 10.4. The van der Waals surface area contributed by atoms with Gasteiger partial charge in [0, 0.05) is 10.4 Å². The van der Waals surface area contributed by atoms with E-state index in [1.54, 1.807) is 11.3 Å². The van der Waals surface area contributed by atoms with Gasteiger partial charge >= 0.3 is 0 Å². The molecule has 3 aromatic rings. The average Bonchev–Trinajstić information content (AvgIpc) is 3.08. The van der Waals surface area contributed by atoms with Gasteiger partial charge in [-0.1, -0.05) is 54.6 Å². The lowest BCUT2D eigenvalue weighted by Crippen LogP contribution is -2.23. The van der Waals surface area contributed by atoms with Crippen molar-refractivity contribution in [2.75, 3.05) is 0 Å². The summed E-state index contributed by atoms with van der Waals surface area (Å²) in [6, 6.07) is 22.0. The van der Waals surface area contributed by atoms with E-state index in [2.05, 4.69) is 17.4 Å². The summed E-state index contributed by atoms with van der Waals surface area (Å²) in [4.78, 5) is 13.6. The maximum absolute atomic E-state index is 12.4. The number of carbonyl (C=O) groups is 1. The van der Waals surface area contributed by atoms with E-state index >= 15 is 0 Å². The molecule has 1 aromatic heterocycles. The zero-order valence-electron chi connectivity index (χ0n) is 12.2. The van der Waals surface area contributed by atoms with Crippen molar-refractivity contribution in [3.8, 4) is 0 Å². The number of thiophene rings is 1. The summed E-state index contributed by atoms with van der Waals surface area (Å²) in [6.45, 7) is 0.580. The highest BCUT2D eigenvalue weighted by Gasteiger charge is 2.11. The number of carbonyl (C=O) groups excluding carboxylic acids is 1. The molecule has 0 aliphatic rings. The molecular weight excluding hydrogens is 290 g/mol. The lowest BCUT2D eigenvalue weighted by Gasteiger charge is -2.10. The van der Waals surface area contributed by atoms with Crippen LogP contribution in [-0.4, -0.2) is 5.91 Å². The van der Waals surface area contributed by atoms with Gasteiger partial charge in [0.25, 0.3) is 5.91 Å². The number of hydrogen-bond acceptors (Lipinski definition) is 2. The van der Waals surface area contributed by atoms with Crippen LogP contribution in [0.4, 0.5) is 0 Å². The van der Waals surface area contributed by atoms with E-state index in [9.17, 15) is 4.79 Å². The summed E-state index contributed by atoms with van der Waals surface area (Å²) in [5.74, 6) is -0.0140. The van der Waals surface area contributed by atoms with Crippen LogP contribution in [0.15, 0.2) is 72.1 Å². The Kier molecular flexibility index (Phi) is 4.66. The van der Waals surface area contributed by atoms with Crippen molar-refractivity contribution in [1.29, 1.82) is 0 Å². The van der Waals surface area contributed by atoms with E-state index in [1.807, 2.05) is 60.0 Å². The average molecular weight is 307 g/mol. The molecule has 3 rings (SSSR count). The summed E-state index contributed by atoms with van der Waals surface area (Å²) in [5, 5.41) is 5.02. The van der Waals surface area contributed by atoms with Gasteiger partial charge in [0.2, 0.25) is 0 Å². The molecule has 3 heteroatoms. The van der Waals surface area contributed by atoms with Gasteiger partial charge in [-0.3, -0.25) is 4.79 Å². The fourth-order valence-corrected chi connectivity index (χ4v) is 3.03. The molecule has 2 aromatic carbocycles. The molecule has 2 nitrogen and oxygen atoms in total. The van der Waals surface area contributed by atoms with E-state index in [4.69, 9.17) is 0 Å². The third-order valence-electron chi connectivity index (χ3n) is 3.50. The fraction of sp³-hybridized carbons (Fsp3) is 0.105. The minimum atomic E-state index is -0.0140. The molecule has 0 saturated heterocycles. The van der Waals surface area contributed by atoms with Gasteiger partial charge in [-0.2, -0.15) is 0 Å². The van der Waals surface area contributed by atoms with E-state index in [0.29, 0.717) is 6.54 Å². The zero-order chi connectivity index (χ0) is 15.2. The Hall–Kier alpha value is -2.39. The lowest BCUT2D eigenvalue weighted by molar-refractivity contribution is 0.0950. The smallest absolute Gasteiger partial charge is 0.251 e. The molecule has 0 saturated carbocycles. The Morgan fingerprint density at radius 3 is 2.45 bits per heavy atom. The van der Waals surface area contributed by atoms with Gasteiger partial charge < -0.3 is 5.32 Å². The van der Waals surface area contributed by atoms with Crippen molar-refractivity contribution in [2.24, 2.45) is 0 Å². The molecular formula is C19H17NOS. The second-order valence-corrected chi connectivity index (χ2v) is 6.11. The van der Waals surface area contributed by atoms with Crippen molar-refractivity contribution in [2.45, 2.75) is 13.0 Å². The molecule has 22 heavy (non-hydrogen) atoms. The number of hydrogen-bond donors (Lipinski definition) is 1. The lowest BCUT2D eigenvalue weighted by atomic mass is 9.99. The molecule has 0 unspecified atom stereocenters. The quantitative estimate of drug-likeness (QED) is 0.749. The maximum atomic E-state index is 12.4. The topological polar surface area (TPSA) is 29.1 Å². The Morgan fingerprint density at radius 1 is 0.909 bits per heavy atom. The van der Waals surface area contributed by atoms with Crippen molar-refractivity contribution >= 4 is 17.2 Å². The fourth-order valence-electron chi connectivity index (χ4n) is 2.39. The number of benzene rings is 2. The summed E-state index contributed by atoms with van der Waals surface area (Å²) in [5.41, 5.74) is 3.02. The largest absolute Gasteiger partial charge is 0.347 e. The first kappa shape index (κ1) is 14.5. The molecule has 0 fully saturated rings. The number of nitrogens with one attached hydrogen (secondary N) is 1. The summed E-state index contributed by atoms with van der Waals surface area (Å²) in [6.07, 6.45) is 0.767. The van der Waals surface area contributed by atoms with E-state index < -0.39 is 0 Å². The first-order valence-corrected chi connectivity index (χ1v) is 8.13. The van der Waals surface area contributed by atoms with E-state index in [1.165, 1.54) is 5.56 Å². The molecule has 1 amide bonds. The number of amides is 1. The van der Waals surface area contributed by atoms with Crippen LogP contribution in [0.3, 0.4) is 0 Å². The van der Waals surface area contributed by atoms with Gasteiger partial charge in [0.15, 0.2) is 0 Å². The molecule has 0 spiro atoms. The predicted octanol–water partition coefficient (Wildman–Crippen LogP) is 4.27. The highest BCUT2D eigenvalue weighted by atomic mass is 32.1. The molecule has 0 bridgehead atoms. The van der Waals surface area contributed by atoms with Gasteiger partial charge in [-0.25, -0.2) is 0 Å². The van der Waals surface area contributed by atoms with Crippen molar-refractivity contribution in [3.05, 3.63) is 93.7 Å². The van der Waals surface area contributed by atoms with Gasteiger partial charge in [0.05, 0.1) is 6.54 Å². The molecule has 0 aliphatic heterocycles. The van der Waals surface area contributed by atoms with E-state index in [0.717, 1.165) is 22.4 Å².